The molecule has 1 atom stereocenters. The number of thiophene rings is 1. The van der Waals surface area contributed by atoms with Crippen LogP contribution in [0.3, 0.4) is 0 Å². The van der Waals surface area contributed by atoms with Gasteiger partial charge in [0.2, 0.25) is 0 Å². The van der Waals surface area contributed by atoms with E-state index in [4.69, 9.17) is 23.2 Å². The minimum Gasteiger partial charge on any atom is -0.145 e. The summed E-state index contributed by atoms with van der Waals surface area (Å²) in [6.07, 6.45) is 0. The van der Waals surface area contributed by atoms with E-state index in [0.717, 1.165) is 9.90 Å². The van der Waals surface area contributed by atoms with Crippen molar-refractivity contribution in [3.05, 3.63) is 54.7 Å². The van der Waals surface area contributed by atoms with E-state index >= 15 is 0 Å². The van der Waals surface area contributed by atoms with Gasteiger partial charge in [-0.3, -0.25) is 0 Å². The van der Waals surface area contributed by atoms with Gasteiger partial charge in [-0.25, -0.2) is 0 Å². The number of hydrogen-bond acceptors (Lipinski definition) is 1. The largest absolute Gasteiger partial charge is 0.145 e. The van der Waals surface area contributed by atoms with Gasteiger partial charge in [-0.2, -0.15) is 0 Å². The molecule has 0 radical (unpaired) electrons. The van der Waals surface area contributed by atoms with Crippen LogP contribution in [0.5, 0.6) is 0 Å². The zero-order valence-electron chi connectivity index (χ0n) is 11.9. The standard InChI is InChI=1S/C16H18Cl2S/c1-8-9(2)11(4)14(12(5)10(8)3)15(18)16-13(17)6-7-19-16/h6-7,15H,1-5H3. The Balaban J connectivity index is 2.67. The van der Waals surface area contributed by atoms with Crippen LogP contribution in [-0.2, 0) is 0 Å². The van der Waals surface area contributed by atoms with Crippen molar-refractivity contribution < 1.29 is 0 Å². The Morgan fingerprint density at radius 1 is 0.895 bits per heavy atom. The predicted molar refractivity (Wildman–Crippen MR) is 87.2 cm³/mol. The zero-order chi connectivity index (χ0) is 14.3. The molecule has 1 aromatic heterocycles. The van der Waals surface area contributed by atoms with Gasteiger partial charge in [0.25, 0.3) is 0 Å². The van der Waals surface area contributed by atoms with Gasteiger partial charge >= 0.3 is 0 Å². The van der Waals surface area contributed by atoms with E-state index in [0.29, 0.717) is 0 Å². The molecule has 0 bridgehead atoms. The van der Waals surface area contributed by atoms with E-state index < -0.39 is 0 Å². The number of benzene rings is 1. The molecule has 0 saturated heterocycles. The van der Waals surface area contributed by atoms with Gasteiger partial charge in [-0.05, 0) is 79.4 Å². The fourth-order valence-electron chi connectivity index (χ4n) is 2.53. The van der Waals surface area contributed by atoms with Crippen molar-refractivity contribution >= 4 is 34.5 Å². The SMILES string of the molecule is Cc1c(C)c(C)c(C(Cl)c2sccc2Cl)c(C)c1C. The van der Waals surface area contributed by atoms with Crippen LogP contribution in [0.1, 0.15) is 43.6 Å². The summed E-state index contributed by atoms with van der Waals surface area (Å²) in [6, 6.07) is 1.91. The molecule has 1 unspecified atom stereocenters. The van der Waals surface area contributed by atoms with Gasteiger partial charge in [0.05, 0.1) is 10.4 Å². The summed E-state index contributed by atoms with van der Waals surface area (Å²) in [4.78, 5) is 1.04. The highest BCUT2D eigenvalue weighted by molar-refractivity contribution is 7.11. The third-order valence-corrected chi connectivity index (χ3v) is 6.18. The van der Waals surface area contributed by atoms with Crippen molar-refractivity contribution in [3.8, 4) is 0 Å². The summed E-state index contributed by atoms with van der Waals surface area (Å²) in [5.41, 5.74) is 7.80. The zero-order valence-corrected chi connectivity index (χ0v) is 14.2. The average Bonchev–Trinajstić information content (AvgIpc) is 2.80. The van der Waals surface area contributed by atoms with Gasteiger partial charge in [0, 0.05) is 4.88 Å². The van der Waals surface area contributed by atoms with E-state index in [1.807, 2.05) is 11.4 Å². The number of hydrogen-bond donors (Lipinski definition) is 0. The fraction of sp³-hybridized carbons (Fsp3) is 0.375. The lowest BCUT2D eigenvalue weighted by Crippen LogP contribution is -2.05. The highest BCUT2D eigenvalue weighted by atomic mass is 35.5. The van der Waals surface area contributed by atoms with Crippen molar-refractivity contribution in [2.75, 3.05) is 0 Å². The van der Waals surface area contributed by atoms with E-state index in [9.17, 15) is 0 Å². The lowest BCUT2D eigenvalue weighted by Gasteiger charge is -2.21. The predicted octanol–water partition coefficient (Wildman–Crippen LogP) is 6.27. The lowest BCUT2D eigenvalue weighted by atomic mass is 9.88. The Kier molecular flexibility index (Phi) is 4.29. The molecule has 19 heavy (non-hydrogen) atoms. The molecule has 102 valence electrons. The van der Waals surface area contributed by atoms with Gasteiger partial charge in [0.15, 0.2) is 0 Å². The van der Waals surface area contributed by atoms with Crippen molar-refractivity contribution in [2.24, 2.45) is 0 Å². The van der Waals surface area contributed by atoms with Crippen molar-refractivity contribution in [1.82, 2.24) is 0 Å². The second-order valence-electron chi connectivity index (χ2n) is 5.03. The minimum absolute atomic E-state index is 0.162. The lowest BCUT2D eigenvalue weighted by molar-refractivity contribution is 1.05. The van der Waals surface area contributed by atoms with E-state index in [-0.39, 0.29) is 5.38 Å². The van der Waals surface area contributed by atoms with Crippen LogP contribution in [0, 0.1) is 34.6 Å². The molecule has 2 rings (SSSR count). The first-order valence-corrected chi connectivity index (χ1v) is 7.99. The molecule has 0 spiro atoms. The first kappa shape index (κ1) is 14.9. The van der Waals surface area contributed by atoms with Crippen LogP contribution < -0.4 is 0 Å². The molecule has 0 aliphatic rings. The third-order valence-electron chi connectivity index (χ3n) is 4.19. The molecular weight excluding hydrogens is 295 g/mol. The Hall–Kier alpha value is -0.500. The molecule has 3 heteroatoms. The van der Waals surface area contributed by atoms with E-state index in [1.165, 1.54) is 33.4 Å². The highest BCUT2D eigenvalue weighted by Crippen LogP contribution is 2.42. The van der Waals surface area contributed by atoms with Gasteiger partial charge in [0.1, 0.15) is 0 Å². The number of rotatable bonds is 2. The molecule has 2 aromatic rings. The molecule has 0 aliphatic heterocycles. The molecule has 0 saturated carbocycles. The summed E-state index contributed by atoms with van der Waals surface area (Å²) in [5.74, 6) is 0. The number of alkyl halides is 1. The van der Waals surface area contributed by atoms with Crippen LogP contribution in [0.25, 0.3) is 0 Å². The van der Waals surface area contributed by atoms with Gasteiger partial charge < -0.3 is 0 Å². The van der Waals surface area contributed by atoms with Gasteiger partial charge in [-0.1, -0.05) is 11.6 Å². The minimum atomic E-state index is -0.162. The van der Waals surface area contributed by atoms with Crippen LogP contribution in [-0.4, -0.2) is 0 Å². The summed E-state index contributed by atoms with van der Waals surface area (Å²) >= 11 is 14.6. The molecule has 0 amide bonds. The van der Waals surface area contributed by atoms with Crippen molar-refractivity contribution in [3.63, 3.8) is 0 Å². The van der Waals surface area contributed by atoms with Crippen LogP contribution >= 0.6 is 34.5 Å². The second-order valence-corrected chi connectivity index (χ2v) is 6.83. The summed E-state index contributed by atoms with van der Waals surface area (Å²) in [5, 5.41) is 2.59. The molecule has 1 heterocycles. The summed E-state index contributed by atoms with van der Waals surface area (Å²) in [6.45, 7) is 10.8. The van der Waals surface area contributed by atoms with Crippen LogP contribution in [0.4, 0.5) is 0 Å². The molecule has 0 nitrogen and oxygen atoms in total. The molecular formula is C16H18Cl2S. The van der Waals surface area contributed by atoms with Crippen LogP contribution in [0.2, 0.25) is 5.02 Å². The molecule has 0 aliphatic carbocycles. The third kappa shape index (κ3) is 2.44. The fourth-order valence-corrected chi connectivity index (χ4v) is 4.33. The normalized spacial score (nSPS) is 12.8. The quantitative estimate of drug-likeness (QED) is 0.573. The Bertz CT molecular complexity index is 597. The van der Waals surface area contributed by atoms with E-state index in [1.54, 1.807) is 11.3 Å². The van der Waals surface area contributed by atoms with Crippen molar-refractivity contribution in [2.45, 2.75) is 40.0 Å². The van der Waals surface area contributed by atoms with Crippen LogP contribution in [0.15, 0.2) is 11.4 Å². The smallest absolute Gasteiger partial charge is 0.0948 e. The van der Waals surface area contributed by atoms with E-state index in [2.05, 4.69) is 34.6 Å². The first-order chi connectivity index (χ1) is 8.86. The van der Waals surface area contributed by atoms with Crippen molar-refractivity contribution in [1.29, 1.82) is 0 Å². The Morgan fingerprint density at radius 3 is 1.79 bits per heavy atom. The Labute approximate surface area is 129 Å². The maximum Gasteiger partial charge on any atom is 0.0948 e. The van der Waals surface area contributed by atoms with Gasteiger partial charge in [-0.15, -0.1) is 22.9 Å². The summed E-state index contributed by atoms with van der Waals surface area (Å²) < 4.78 is 0. The topological polar surface area (TPSA) is 0 Å². The Morgan fingerprint density at radius 2 is 1.37 bits per heavy atom. The summed E-state index contributed by atoms with van der Waals surface area (Å²) in [7, 11) is 0. The molecule has 0 N–H and O–H groups in total. The highest BCUT2D eigenvalue weighted by Gasteiger charge is 2.22. The second kappa shape index (κ2) is 5.47. The molecule has 0 fully saturated rings. The maximum atomic E-state index is 6.71. The monoisotopic (exact) mass is 312 g/mol. The molecule has 1 aromatic carbocycles. The average molecular weight is 313 g/mol. The maximum absolute atomic E-state index is 6.71. The number of halogens is 2. The first-order valence-electron chi connectivity index (χ1n) is 6.30.